The minimum Gasteiger partial charge on any atom is -0.384 e. The summed E-state index contributed by atoms with van der Waals surface area (Å²) in [6.45, 7) is 0. The molecule has 0 amide bonds. The molecule has 1 fully saturated rings. The highest BCUT2D eigenvalue weighted by Crippen LogP contribution is 2.47. The van der Waals surface area contributed by atoms with Crippen LogP contribution in [0.3, 0.4) is 0 Å². The maximum Gasteiger partial charge on any atom is 0.141 e. The molecule has 3 heteroatoms. The van der Waals surface area contributed by atoms with Crippen LogP contribution in [0.15, 0.2) is 48.8 Å². The van der Waals surface area contributed by atoms with Gasteiger partial charge in [0.05, 0.1) is 11.8 Å². The number of aromatic nitrogens is 1. The quantitative estimate of drug-likeness (QED) is 0.902. The summed E-state index contributed by atoms with van der Waals surface area (Å²) in [5.74, 6) is -0.394. The van der Waals surface area contributed by atoms with Crippen molar-refractivity contribution in [1.82, 2.24) is 4.98 Å². The van der Waals surface area contributed by atoms with Crippen LogP contribution in [-0.4, -0.2) is 10.1 Å². The topological polar surface area (TPSA) is 33.1 Å². The molecular formula is C17H18FNO. The van der Waals surface area contributed by atoms with Crippen molar-refractivity contribution in [3.8, 4) is 0 Å². The highest BCUT2D eigenvalue weighted by Gasteiger charge is 2.41. The summed E-state index contributed by atoms with van der Waals surface area (Å²) in [6.07, 6.45) is 6.37. The molecule has 1 aromatic carbocycles. The molecular weight excluding hydrogens is 253 g/mol. The Kier molecular flexibility index (Phi) is 3.53. The second kappa shape index (κ2) is 5.33. The van der Waals surface area contributed by atoms with Crippen molar-refractivity contribution in [2.75, 3.05) is 0 Å². The molecule has 104 valence electrons. The van der Waals surface area contributed by atoms with Crippen molar-refractivity contribution < 1.29 is 9.50 Å². The normalized spacial score (nSPS) is 26.4. The lowest BCUT2D eigenvalue weighted by atomic mass is 9.69. The smallest absolute Gasteiger partial charge is 0.141 e. The van der Waals surface area contributed by atoms with Crippen LogP contribution in [0.5, 0.6) is 0 Å². The highest BCUT2D eigenvalue weighted by atomic mass is 19.1. The molecule has 1 aromatic heterocycles. The largest absolute Gasteiger partial charge is 0.384 e. The predicted octanol–water partition coefficient (Wildman–Crippen LogP) is 3.77. The van der Waals surface area contributed by atoms with E-state index in [1.165, 1.54) is 12.3 Å². The van der Waals surface area contributed by atoms with Crippen LogP contribution < -0.4 is 0 Å². The number of benzene rings is 1. The van der Waals surface area contributed by atoms with Crippen LogP contribution in [0, 0.1) is 5.82 Å². The van der Waals surface area contributed by atoms with Gasteiger partial charge in [-0.1, -0.05) is 43.2 Å². The molecule has 0 bridgehead atoms. The highest BCUT2D eigenvalue weighted by molar-refractivity contribution is 5.30. The number of rotatable bonds is 2. The van der Waals surface area contributed by atoms with Crippen LogP contribution in [0.2, 0.25) is 0 Å². The maximum atomic E-state index is 13.4. The van der Waals surface area contributed by atoms with Crippen molar-refractivity contribution in [3.05, 3.63) is 65.7 Å². The van der Waals surface area contributed by atoms with E-state index in [2.05, 4.69) is 4.98 Å². The van der Waals surface area contributed by atoms with E-state index in [0.717, 1.165) is 24.8 Å². The minimum absolute atomic E-state index is 0.000972. The van der Waals surface area contributed by atoms with Gasteiger partial charge in [0.15, 0.2) is 0 Å². The first-order chi connectivity index (χ1) is 9.70. The zero-order valence-corrected chi connectivity index (χ0v) is 11.3. The Bertz CT molecular complexity index is 587. The summed E-state index contributed by atoms with van der Waals surface area (Å²) in [6, 6.07) is 11.4. The zero-order valence-electron chi connectivity index (χ0n) is 11.3. The first-order valence-electron chi connectivity index (χ1n) is 7.08. The molecule has 3 rings (SSSR count). The SMILES string of the molecule is OC1(c2cncc(F)c2)CCCCC1c1ccccc1. The molecule has 2 unspecified atom stereocenters. The maximum absolute atomic E-state index is 13.4. The van der Waals surface area contributed by atoms with E-state index in [1.807, 2.05) is 30.3 Å². The van der Waals surface area contributed by atoms with Gasteiger partial charge < -0.3 is 5.11 Å². The zero-order chi connectivity index (χ0) is 14.0. The van der Waals surface area contributed by atoms with Crippen LogP contribution in [-0.2, 0) is 5.60 Å². The first kappa shape index (κ1) is 13.3. The third kappa shape index (κ3) is 2.34. The number of hydrogen-bond acceptors (Lipinski definition) is 2. The Morgan fingerprint density at radius 1 is 1.15 bits per heavy atom. The fourth-order valence-electron chi connectivity index (χ4n) is 3.28. The van der Waals surface area contributed by atoms with E-state index in [-0.39, 0.29) is 5.92 Å². The van der Waals surface area contributed by atoms with Crippen molar-refractivity contribution in [1.29, 1.82) is 0 Å². The molecule has 1 aliphatic rings. The van der Waals surface area contributed by atoms with Crippen LogP contribution >= 0.6 is 0 Å². The average Bonchev–Trinajstić information content (AvgIpc) is 2.49. The third-order valence-electron chi connectivity index (χ3n) is 4.28. The summed E-state index contributed by atoms with van der Waals surface area (Å²) < 4.78 is 13.4. The van der Waals surface area contributed by atoms with Gasteiger partial charge in [-0.3, -0.25) is 4.98 Å². The molecule has 2 atom stereocenters. The van der Waals surface area contributed by atoms with E-state index in [0.29, 0.717) is 12.0 Å². The molecule has 2 aromatic rings. The van der Waals surface area contributed by atoms with Crippen molar-refractivity contribution >= 4 is 0 Å². The van der Waals surface area contributed by atoms with Gasteiger partial charge >= 0.3 is 0 Å². The van der Waals surface area contributed by atoms with Crippen molar-refractivity contribution in [2.45, 2.75) is 37.2 Å². The lowest BCUT2D eigenvalue weighted by Crippen LogP contribution is -2.36. The predicted molar refractivity (Wildman–Crippen MR) is 75.7 cm³/mol. The number of nitrogens with zero attached hydrogens (tertiary/aromatic N) is 1. The Hall–Kier alpha value is -1.74. The van der Waals surface area contributed by atoms with Gasteiger partial charge in [0.2, 0.25) is 0 Å². The van der Waals surface area contributed by atoms with E-state index in [1.54, 1.807) is 6.20 Å². The lowest BCUT2D eigenvalue weighted by molar-refractivity contribution is -0.0229. The van der Waals surface area contributed by atoms with E-state index >= 15 is 0 Å². The lowest BCUT2D eigenvalue weighted by Gasteiger charge is -2.40. The Morgan fingerprint density at radius 3 is 2.70 bits per heavy atom. The Morgan fingerprint density at radius 2 is 1.95 bits per heavy atom. The van der Waals surface area contributed by atoms with Gasteiger partial charge in [0.25, 0.3) is 0 Å². The van der Waals surface area contributed by atoms with Gasteiger partial charge in [0, 0.05) is 17.7 Å². The Balaban J connectivity index is 2.04. The van der Waals surface area contributed by atoms with Gasteiger partial charge in [-0.15, -0.1) is 0 Å². The molecule has 20 heavy (non-hydrogen) atoms. The fraction of sp³-hybridized carbons (Fsp3) is 0.353. The minimum atomic E-state index is -1.02. The molecule has 2 nitrogen and oxygen atoms in total. The standard InChI is InChI=1S/C17H18FNO/c18-15-10-14(11-19-12-15)17(20)9-5-4-8-16(17)13-6-2-1-3-7-13/h1-3,6-7,10-12,16,20H,4-5,8-9H2. The third-order valence-corrected chi connectivity index (χ3v) is 4.28. The van der Waals surface area contributed by atoms with Gasteiger partial charge in [-0.2, -0.15) is 0 Å². The molecule has 1 N–H and O–H groups in total. The number of pyridine rings is 1. The van der Waals surface area contributed by atoms with Gasteiger partial charge in [-0.25, -0.2) is 4.39 Å². The van der Waals surface area contributed by atoms with Gasteiger partial charge in [0.1, 0.15) is 5.82 Å². The number of aliphatic hydroxyl groups is 1. The van der Waals surface area contributed by atoms with E-state index < -0.39 is 11.4 Å². The summed E-state index contributed by atoms with van der Waals surface area (Å²) >= 11 is 0. The molecule has 0 saturated heterocycles. The van der Waals surface area contributed by atoms with Gasteiger partial charge in [-0.05, 0) is 24.5 Å². The van der Waals surface area contributed by atoms with Crippen LogP contribution in [0.1, 0.15) is 42.7 Å². The Labute approximate surface area is 118 Å². The number of halogens is 1. The molecule has 1 aliphatic carbocycles. The molecule has 1 heterocycles. The monoisotopic (exact) mass is 271 g/mol. The fourth-order valence-corrected chi connectivity index (χ4v) is 3.28. The van der Waals surface area contributed by atoms with Crippen LogP contribution in [0.4, 0.5) is 4.39 Å². The molecule has 0 spiro atoms. The average molecular weight is 271 g/mol. The summed E-state index contributed by atoms with van der Waals surface area (Å²) in [4.78, 5) is 3.90. The summed E-state index contributed by atoms with van der Waals surface area (Å²) in [7, 11) is 0. The van der Waals surface area contributed by atoms with Crippen LogP contribution in [0.25, 0.3) is 0 Å². The first-order valence-corrected chi connectivity index (χ1v) is 7.08. The molecule has 0 aliphatic heterocycles. The van der Waals surface area contributed by atoms with E-state index in [4.69, 9.17) is 0 Å². The van der Waals surface area contributed by atoms with Crippen molar-refractivity contribution in [2.24, 2.45) is 0 Å². The summed E-state index contributed by atoms with van der Waals surface area (Å²) in [5.41, 5.74) is 0.680. The second-order valence-corrected chi connectivity index (χ2v) is 5.53. The summed E-state index contributed by atoms with van der Waals surface area (Å²) in [5, 5.41) is 11.2. The number of hydrogen-bond donors (Lipinski definition) is 1. The molecule has 0 radical (unpaired) electrons. The van der Waals surface area contributed by atoms with E-state index in [9.17, 15) is 9.50 Å². The molecule has 1 saturated carbocycles. The van der Waals surface area contributed by atoms with Crippen molar-refractivity contribution in [3.63, 3.8) is 0 Å². The second-order valence-electron chi connectivity index (χ2n) is 5.53.